The lowest BCUT2D eigenvalue weighted by Gasteiger charge is -2.08. The average molecular weight is 315 g/mol. The molecule has 23 heavy (non-hydrogen) atoms. The molecule has 0 aliphatic carbocycles. The van der Waals surface area contributed by atoms with Gasteiger partial charge in [-0.25, -0.2) is 9.37 Å². The number of nitrogens with zero attached hydrogens (tertiary/aromatic N) is 1. The van der Waals surface area contributed by atoms with Crippen molar-refractivity contribution in [1.29, 1.82) is 0 Å². The lowest BCUT2D eigenvalue weighted by molar-refractivity contribution is 0.0944. The highest BCUT2D eigenvalue weighted by Gasteiger charge is 2.12. The average Bonchev–Trinajstić information content (AvgIpc) is 2.54. The summed E-state index contributed by atoms with van der Waals surface area (Å²) in [6.07, 6.45) is 0. The number of hydrogen-bond acceptors (Lipinski definition) is 3. The Labute approximate surface area is 133 Å². The van der Waals surface area contributed by atoms with Crippen molar-refractivity contribution in [1.82, 2.24) is 10.3 Å². The number of rotatable bonds is 5. The van der Waals surface area contributed by atoms with Gasteiger partial charge in [-0.2, -0.15) is 0 Å². The van der Waals surface area contributed by atoms with Crippen molar-refractivity contribution in [3.63, 3.8) is 0 Å². The van der Waals surface area contributed by atoms with Gasteiger partial charge in [-0.05, 0) is 42.3 Å². The van der Waals surface area contributed by atoms with Gasteiger partial charge in [0.2, 0.25) is 0 Å². The van der Waals surface area contributed by atoms with Crippen LogP contribution in [0.2, 0.25) is 0 Å². The number of aromatic nitrogens is 1. The summed E-state index contributed by atoms with van der Waals surface area (Å²) in [6, 6.07) is 10.1. The zero-order valence-corrected chi connectivity index (χ0v) is 13.0. The van der Waals surface area contributed by atoms with Gasteiger partial charge in [0.15, 0.2) is 0 Å². The minimum atomic E-state index is -0.463. The molecular weight excluding hydrogens is 297 g/mol. The number of carbonyl (C=O) groups excluding carboxylic acids is 2. The van der Waals surface area contributed by atoms with E-state index in [1.807, 2.05) is 13.8 Å². The molecule has 0 unspecified atom stereocenters. The standard InChI is InChI=1S/C17H18FN3O2/c1-11(2)10-19-16(22)14-4-3-5-15(21-14)17(23)20-13-8-6-12(18)7-9-13/h3-9,11H,10H2,1-2H3,(H,19,22)(H,20,23). The first-order valence-corrected chi connectivity index (χ1v) is 7.28. The lowest BCUT2D eigenvalue weighted by atomic mass is 10.2. The van der Waals surface area contributed by atoms with E-state index in [9.17, 15) is 14.0 Å². The molecule has 0 radical (unpaired) electrons. The first kappa shape index (κ1) is 16.6. The van der Waals surface area contributed by atoms with Crippen LogP contribution in [0.5, 0.6) is 0 Å². The normalized spacial score (nSPS) is 10.4. The van der Waals surface area contributed by atoms with Gasteiger partial charge >= 0.3 is 0 Å². The lowest BCUT2D eigenvalue weighted by Crippen LogP contribution is -2.28. The Hall–Kier alpha value is -2.76. The first-order chi connectivity index (χ1) is 11.0. The van der Waals surface area contributed by atoms with Crippen LogP contribution >= 0.6 is 0 Å². The number of carbonyl (C=O) groups is 2. The maximum Gasteiger partial charge on any atom is 0.274 e. The van der Waals surface area contributed by atoms with Crippen LogP contribution < -0.4 is 10.6 Å². The summed E-state index contributed by atoms with van der Waals surface area (Å²) in [5, 5.41) is 5.35. The van der Waals surface area contributed by atoms with Crippen LogP contribution in [0.15, 0.2) is 42.5 Å². The number of nitrogens with one attached hydrogen (secondary N) is 2. The molecule has 0 aliphatic heterocycles. The minimum absolute atomic E-state index is 0.117. The van der Waals surface area contributed by atoms with Crippen molar-refractivity contribution in [3.8, 4) is 0 Å². The Morgan fingerprint density at radius 3 is 2.26 bits per heavy atom. The van der Waals surface area contributed by atoms with Crippen LogP contribution in [0.3, 0.4) is 0 Å². The molecule has 1 aromatic carbocycles. The van der Waals surface area contributed by atoms with Gasteiger partial charge in [-0.1, -0.05) is 19.9 Å². The van der Waals surface area contributed by atoms with Gasteiger partial charge in [0.25, 0.3) is 11.8 Å². The van der Waals surface area contributed by atoms with Crippen molar-refractivity contribution < 1.29 is 14.0 Å². The predicted octanol–water partition coefficient (Wildman–Crippen LogP) is 2.86. The van der Waals surface area contributed by atoms with Crippen LogP contribution in [0, 0.1) is 11.7 Å². The molecule has 0 fully saturated rings. The first-order valence-electron chi connectivity index (χ1n) is 7.28. The van der Waals surface area contributed by atoms with Crippen LogP contribution in [-0.2, 0) is 0 Å². The van der Waals surface area contributed by atoms with Gasteiger partial charge < -0.3 is 10.6 Å². The number of benzene rings is 1. The second-order valence-corrected chi connectivity index (χ2v) is 5.47. The molecule has 1 aromatic heterocycles. The molecule has 2 N–H and O–H groups in total. The molecule has 2 amide bonds. The maximum absolute atomic E-state index is 12.8. The molecule has 0 saturated heterocycles. The van der Waals surface area contributed by atoms with Crippen molar-refractivity contribution >= 4 is 17.5 Å². The van der Waals surface area contributed by atoms with E-state index in [1.54, 1.807) is 12.1 Å². The molecule has 0 aliphatic rings. The smallest absolute Gasteiger partial charge is 0.274 e. The summed E-state index contributed by atoms with van der Waals surface area (Å²) in [4.78, 5) is 28.2. The number of amides is 2. The summed E-state index contributed by atoms with van der Waals surface area (Å²) in [5.41, 5.74) is 0.747. The van der Waals surface area contributed by atoms with Crippen molar-refractivity contribution in [2.75, 3.05) is 11.9 Å². The second-order valence-electron chi connectivity index (χ2n) is 5.47. The fourth-order valence-corrected chi connectivity index (χ4v) is 1.80. The zero-order chi connectivity index (χ0) is 16.8. The van der Waals surface area contributed by atoms with Crippen LogP contribution in [-0.4, -0.2) is 23.3 Å². The van der Waals surface area contributed by atoms with E-state index in [2.05, 4.69) is 15.6 Å². The molecule has 6 heteroatoms. The number of hydrogen-bond donors (Lipinski definition) is 2. The Morgan fingerprint density at radius 2 is 1.65 bits per heavy atom. The third kappa shape index (κ3) is 4.88. The van der Waals surface area contributed by atoms with Gasteiger partial charge in [0.1, 0.15) is 17.2 Å². The van der Waals surface area contributed by atoms with Crippen LogP contribution in [0.1, 0.15) is 34.8 Å². The van der Waals surface area contributed by atoms with Crippen LogP contribution in [0.4, 0.5) is 10.1 Å². The van der Waals surface area contributed by atoms with Gasteiger partial charge in [-0.15, -0.1) is 0 Å². The number of anilines is 1. The Morgan fingerprint density at radius 1 is 1.04 bits per heavy atom. The Kier molecular flexibility index (Phi) is 5.41. The van der Waals surface area contributed by atoms with Gasteiger partial charge in [-0.3, -0.25) is 9.59 Å². The van der Waals surface area contributed by atoms with E-state index < -0.39 is 5.91 Å². The molecule has 1 heterocycles. The van der Waals surface area contributed by atoms with E-state index in [1.165, 1.54) is 30.3 Å². The molecule has 0 spiro atoms. The Bertz CT molecular complexity index is 699. The van der Waals surface area contributed by atoms with E-state index in [0.29, 0.717) is 18.2 Å². The fraction of sp³-hybridized carbons (Fsp3) is 0.235. The zero-order valence-electron chi connectivity index (χ0n) is 13.0. The third-order valence-electron chi connectivity index (χ3n) is 2.99. The van der Waals surface area contributed by atoms with E-state index in [4.69, 9.17) is 0 Å². The fourth-order valence-electron chi connectivity index (χ4n) is 1.80. The molecule has 0 atom stereocenters. The molecule has 2 aromatic rings. The topological polar surface area (TPSA) is 71.1 Å². The summed E-state index contributed by atoms with van der Waals surface area (Å²) in [6.45, 7) is 4.51. The summed E-state index contributed by atoms with van der Waals surface area (Å²) in [5.74, 6) is -0.848. The van der Waals surface area contributed by atoms with Crippen molar-refractivity contribution in [2.45, 2.75) is 13.8 Å². The minimum Gasteiger partial charge on any atom is -0.350 e. The third-order valence-corrected chi connectivity index (χ3v) is 2.99. The van der Waals surface area contributed by atoms with E-state index in [-0.39, 0.29) is 23.1 Å². The SMILES string of the molecule is CC(C)CNC(=O)c1cccc(C(=O)Nc2ccc(F)cc2)n1. The quantitative estimate of drug-likeness (QED) is 0.891. The largest absolute Gasteiger partial charge is 0.350 e. The molecule has 120 valence electrons. The maximum atomic E-state index is 12.8. The summed E-state index contributed by atoms with van der Waals surface area (Å²) < 4.78 is 12.8. The highest BCUT2D eigenvalue weighted by atomic mass is 19.1. The molecule has 0 bridgehead atoms. The predicted molar refractivity (Wildman–Crippen MR) is 85.8 cm³/mol. The summed E-state index contributed by atoms with van der Waals surface area (Å²) in [7, 11) is 0. The highest BCUT2D eigenvalue weighted by Crippen LogP contribution is 2.10. The van der Waals surface area contributed by atoms with Crippen molar-refractivity contribution in [3.05, 3.63) is 59.7 Å². The summed E-state index contributed by atoms with van der Waals surface area (Å²) >= 11 is 0. The molecular formula is C17H18FN3O2. The highest BCUT2D eigenvalue weighted by molar-refractivity contribution is 6.03. The molecule has 2 rings (SSSR count). The van der Waals surface area contributed by atoms with E-state index >= 15 is 0 Å². The monoisotopic (exact) mass is 315 g/mol. The molecule has 5 nitrogen and oxygen atoms in total. The van der Waals surface area contributed by atoms with E-state index in [0.717, 1.165) is 0 Å². The van der Waals surface area contributed by atoms with Crippen molar-refractivity contribution in [2.24, 2.45) is 5.92 Å². The van der Waals surface area contributed by atoms with Gasteiger partial charge in [0, 0.05) is 12.2 Å². The van der Waals surface area contributed by atoms with Crippen LogP contribution in [0.25, 0.3) is 0 Å². The molecule has 0 saturated carbocycles. The number of pyridine rings is 1. The second kappa shape index (κ2) is 7.49. The Balaban J connectivity index is 2.07. The number of halogens is 1. The van der Waals surface area contributed by atoms with Gasteiger partial charge in [0.05, 0.1) is 0 Å².